The molecule has 3 rings (SSSR count). The maximum absolute atomic E-state index is 12.4. The molecule has 8 nitrogen and oxygen atoms in total. The lowest BCUT2D eigenvalue weighted by atomic mass is 10.3. The van der Waals surface area contributed by atoms with Crippen LogP contribution in [0, 0.1) is 0 Å². The van der Waals surface area contributed by atoms with Crippen LogP contribution in [0.1, 0.15) is 13.3 Å². The summed E-state index contributed by atoms with van der Waals surface area (Å²) in [7, 11) is -3.76. The number of benzene rings is 2. The highest BCUT2D eigenvalue weighted by molar-refractivity contribution is 7.89. The van der Waals surface area contributed by atoms with E-state index in [1.165, 1.54) is 12.1 Å². The molecule has 1 aliphatic rings. The lowest BCUT2D eigenvalue weighted by molar-refractivity contribution is -0.116. The molecule has 0 bridgehead atoms. The van der Waals surface area contributed by atoms with E-state index in [1.54, 1.807) is 30.3 Å². The molecule has 0 saturated heterocycles. The Bertz CT molecular complexity index is 928. The maximum Gasteiger partial charge on any atom is 0.240 e. The van der Waals surface area contributed by atoms with Crippen LogP contribution >= 0.6 is 0 Å². The number of ether oxygens (including phenoxy) is 3. The predicted octanol–water partition coefficient (Wildman–Crippen LogP) is 2.16. The van der Waals surface area contributed by atoms with Gasteiger partial charge in [0.1, 0.15) is 19.0 Å². The fourth-order valence-electron chi connectivity index (χ4n) is 2.60. The van der Waals surface area contributed by atoms with Gasteiger partial charge in [-0.05, 0) is 43.3 Å². The van der Waals surface area contributed by atoms with Crippen LogP contribution in [0.4, 0.5) is 5.69 Å². The Morgan fingerprint density at radius 2 is 1.79 bits per heavy atom. The van der Waals surface area contributed by atoms with E-state index in [9.17, 15) is 13.2 Å². The Morgan fingerprint density at radius 3 is 2.50 bits per heavy atom. The molecule has 0 atom stereocenters. The Hall–Kier alpha value is -2.78. The fraction of sp³-hybridized carbons (Fsp3) is 0.316. The first kappa shape index (κ1) is 20.0. The second-order valence-electron chi connectivity index (χ2n) is 5.96. The van der Waals surface area contributed by atoms with Gasteiger partial charge in [0.15, 0.2) is 11.5 Å². The SMILES string of the molecule is CCOc1ccc(NC(=O)CCNS(=O)(=O)c2ccc3c(c2)OCCO3)cc1. The number of fused-ring (bicyclic) bond motifs is 1. The van der Waals surface area contributed by atoms with Crippen LogP contribution in [0.15, 0.2) is 47.4 Å². The standard InChI is InChI=1S/C19H22N2O6S/c1-2-25-15-5-3-14(4-6-15)21-19(22)9-10-20-28(23,24)16-7-8-17-18(13-16)27-12-11-26-17/h3-8,13,20H,2,9-12H2,1H3,(H,21,22). The zero-order valence-electron chi connectivity index (χ0n) is 15.4. The van der Waals surface area contributed by atoms with Crippen molar-refractivity contribution in [2.45, 2.75) is 18.2 Å². The highest BCUT2D eigenvalue weighted by Crippen LogP contribution is 2.32. The summed E-state index contributed by atoms with van der Waals surface area (Å²) in [5, 5.41) is 2.71. The van der Waals surface area contributed by atoms with Gasteiger partial charge in [0.25, 0.3) is 0 Å². The molecular weight excluding hydrogens is 384 g/mol. The molecule has 28 heavy (non-hydrogen) atoms. The van der Waals surface area contributed by atoms with E-state index >= 15 is 0 Å². The molecule has 0 saturated carbocycles. The summed E-state index contributed by atoms with van der Waals surface area (Å²) < 4.78 is 43.3. The predicted molar refractivity (Wildman–Crippen MR) is 103 cm³/mol. The number of hydrogen-bond donors (Lipinski definition) is 2. The van der Waals surface area contributed by atoms with Crippen molar-refractivity contribution in [1.82, 2.24) is 4.72 Å². The van der Waals surface area contributed by atoms with Gasteiger partial charge in [-0.25, -0.2) is 13.1 Å². The van der Waals surface area contributed by atoms with Crippen LogP contribution < -0.4 is 24.2 Å². The van der Waals surface area contributed by atoms with E-state index in [4.69, 9.17) is 14.2 Å². The molecule has 150 valence electrons. The summed E-state index contributed by atoms with van der Waals surface area (Å²) in [5.74, 6) is 1.32. The van der Waals surface area contributed by atoms with Crippen molar-refractivity contribution < 1.29 is 27.4 Å². The lowest BCUT2D eigenvalue weighted by Crippen LogP contribution is -2.28. The number of anilines is 1. The molecule has 0 fully saturated rings. The minimum atomic E-state index is -3.76. The molecule has 2 aromatic carbocycles. The molecule has 0 spiro atoms. The van der Waals surface area contributed by atoms with Crippen LogP contribution in [-0.2, 0) is 14.8 Å². The summed E-state index contributed by atoms with van der Waals surface area (Å²) >= 11 is 0. The molecule has 1 amide bonds. The van der Waals surface area contributed by atoms with Gasteiger partial charge in [-0.1, -0.05) is 0 Å². The van der Waals surface area contributed by atoms with E-state index in [0.29, 0.717) is 42.8 Å². The fourth-order valence-corrected chi connectivity index (χ4v) is 3.64. The number of sulfonamides is 1. The van der Waals surface area contributed by atoms with Crippen LogP contribution in [0.5, 0.6) is 17.2 Å². The molecule has 9 heteroatoms. The van der Waals surface area contributed by atoms with Gasteiger partial charge in [-0.2, -0.15) is 0 Å². The third-order valence-corrected chi connectivity index (χ3v) is 5.38. The highest BCUT2D eigenvalue weighted by atomic mass is 32.2. The smallest absolute Gasteiger partial charge is 0.240 e. The van der Waals surface area contributed by atoms with Crippen LogP contribution in [-0.4, -0.2) is 40.7 Å². The average Bonchev–Trinajstić information content (AvgIpc) is 2.69. The third kappa shape index (κ3) is 5.14. The van der Waals surface area contributed by atoms with Gasteiger partial charge >= 0.3 is 0 Å². The number of carbonyl (C=O) groups is 1. The summed E-state index contributed by atoms with van der Waals surface area (Å²) in [6.07, 6.45) is -0.00298. The number of amides is 1. The van der Waals surface area contributed by atoms with Crippen molar-refractivity contribution in [2.75, 3.05) is 31.7 Å². The average molecular weight is 406 g/mol. The van der Waals surface area contributed by atoms with Crippen molar-refractivity contribution in [1.29, 1.82) is 0 Å². The lowest BCUT2D eigenvalue weighted by Gasteiger charge is -2.18. The van der Waals surface area contributed by atoms with Gasteiger partial charge in [-0.3, -0.25) is 4.79 Å². The molecule has 1 aliphatic heterocycles. The van der Waals surface area contributed by atoms with E-state index in [2.05, 4.69) is 10.0 Å². The zero-order chi connectivity index (χ0) is 20.0. The molecule has 0 aromatic heterocycles. The Balaban J connectivity index is 1.51. The Morgan fingerprint density at radius 1 is 1.07 bits per heavy atom. The van der Waals surface area contributed by atoms with Crippen LogP contribution in [0.2, 0.25) is 0 Å². The molecule has 0 aliphatic carbocycles. The van der Waals surface area contributed by atoms with Crippen LogP contribution in [0.3, 0.4) is 0 Å². The molecule has 1 heterocycles. The minimum Gasteiger partial charge on any atom is -0.494 e. The van der Waals surface area contributed by atoms with E-state index in [1.807, 2.05) is 6.92 Å². The van der Waals surface area contributed by atoms with Gasteiger partial charge < -0.3 is 19.5 Å². The zero-order valence-corrected chi connectivity index (χ0v) is 16.3. The Labute approximate surface area is 163 Å². The van der Waals surface area contributed by atoms with Gasteiger partial charge in [0.05, 0.1) is 11.5 Å². The first-order chi connectivity index (χ1) is 13.5. The van der Waals surface area contributed by atoms with Crippen LogP contribution in [0.25, 0.3) is 0 Å². The Kier molecular flexibility index (Phi) is 6.37. The summed E-state index contributed by atoms with van der Waals surface area (Å²) in [6.45, 7) is 3.23. The second kappa shape index (κ2) is 8.94. The second-order valence-corrected chi connectivity index (χ2v) is 7.73. The van der Waals surface area contributed by atoms with Gasteiger partial charge in [0.2, 0.25) is 15.9 Å². The summed E-state index contributed by atoms with van der Waals surface area (Å²) in [5.41, 5.74) is 0.614. The van der Waals surface area contributed by atoms with Crippen molar-refractivity contribution in [2.24, 2.45) is 0 Å². The molecule has 0 unspecified atom stereocenters. The number of hydrogen-bond acceptors (Lipinski definition) is 6. The normalized spacial score (nSPS) is 13.0. The quantitative estimate of drug-likeness (QED) is 0.696. The van der Waals surface area contributed by atoms with Crippen molar-refractivity contribution in [3.8, 4) is 17.2 Å². The summed E-state index contributed by atoms with van der Waals surface area (Å²) in [4.78, 5) is 12.1. The number of nitrogens with one attached hydrogen (secondary N) is 2. The van der Waals surface area contributed by atoms with Crippen molar-refractivity contribution in [3.05, 3.63) is 42.5 Å². The molecular formula is C19H22N2O6S. The van der Waals surface area contributed by atoms with Gasteiger partial charge in [0, 0.05) is 24.7 Å². The number of rotatable bonds is 8. The molecule has 0 radical (unpaired) electrons. The van der Waals surface area contributed by atoms with E-state index < -0.39 is 10.0 Å². The van der Waals surface area contributed by atoms with Crippen molar-refractivity contribution >= 4 is 21.6 Å². The first-order valence-electron chi connectivity index (χ1n) is 8.90. The highest BCUT2D eigenvalue weighted by Gasteiger charge is 2.19. The van der Waals surface area contributed by atoms with Crippen molar-refractivity contribution in [3.63, 3.8) is 0 Å². The van der Waals surface area contributed by atoms with Gasteiger partial charge in [-0.15, -0.1) is 0 Å². The largest absolute Gasteiger partial charge is 0.494 e. The number of carbonyl (C=O) groups excluding carboxylic acids is 1. The third-order valence-electron chi connectivity index (χ3n) is 3.92. The monoisotopic (exact) mass is 406 g/mol. The molecule has 2 aromatic rings. The topological polar surface area (TPSA) is 103 Å². The first-order valence-corrected chi connectivity index (χ1v) is 10.4. The summed E-state index contributed by atoms with van der Waals surface area (Å²) in [6, 6.07) is 11.4. The maximum atomic E-state index is 12.4. The minimum absolute atomic E-state index is 0.00298. The molecule has 2 N–H and O–H groups in total. The van der Waals surface area contributed by atoms with E-state index in [0.717, 1.165) is 0 Å². The van der Waals surface area contributed by atoms with E-state index in [-0.39, 0.29) is 23.8 Å².